The number of nitrogens with two attached hydrogens (primary N) is 1. The van der Waals surface area contributed by atoms with E-state index >= 15 is 0 Å². The number of para-hydroxylation sites is 1. The van der Waals surface area contributed by atoms with Crippen molar-refractivity contribution in [2.45, 2.75) is 19.4 Å². The second-order valence-corrected chi connectivity index (χ2v) is 5.92. The van der Waals surface area contributed by atoms with Gasteiger partial charge in [-0.25, -0.2) is 5.43 Å². The van der Waals surface area contributed by atoms with E-state index in [-0.39, 0.29) is 6.04 Å². The maximum atomic E-state index is 5.80. The van der Waals surface area contributed by atoms with Gasteiger partial charge in [0.1, 0.15) is 5.75 Å². The Balaban J connectivity index is 2.35. The number of benzene rings is 1. The first-order chi connectivity index (χ1) is 9.27. The maximum Gasteiger partial charge on any atom is 0.124 e. The summed E-state index contributed by atoms with van der Waals surface area (Å²) in [6.45, 7) is 2.80. The lowest BCUT2D eigenvalue weighted by Gasteiger charge is -2.19. The molecule has 1 aromatic heterocycles. The topological polar surface area (TPSA) is 47.3 Å². The minimum atomic E-state index is -0.0672. The van der Waals surface area contributed by atoms with Gasteiger partial charge in [-0.3, -0.25) is 5.84 Å². The third kappa shape index (κ3) is 3.36. The van der Waals surface area contributed by atoms with Crippen molar-refractivity contribution in [2.24, 2.45) is 5.84 Å². The Morgan fingerprint density at radius 2 is 2.16 bits per heavy atom. The zero-order chi connectivity index (χ0) is 13.7. The van der Waals surface area contributed by atoms with Gasteiger partial charge in [-0.1, -0.05) is 25.1 Å². The summed E-state index contributed by atoms with van der Waals surface area (Å²) in [5.74, 6) is 6.62. The third-order valence-corrected chi connectivity index (χ3v) is 4.70. The first kappa shape index (κ1) is 14.5. The molecule has 0 aliphatic rings. The molecule has 0 aliphatic heterocycles. The van der Waals surface area contributed by atoms with Crippen LogP contribution in [0.3, 0.4) is 0 Å². The first-order valence-corrected chi connectivity index (χ1v) is 7.86. The monoisotopic (exact) mass is 340 g/mol. The van der Waals surface area contributed by atoms with Crippen molar-refractivity contribution in [1.29, 1.82) is 0 Å². The van der Waals surface area contributed by atoms with E-state index in [1.807, 2.05) is 35.7 Å². The average molecular weight is 341 g/mol. The predicted molar refractivity (Wildman–Crippen MR) is 83.4 cm³/mol. The summed E-state index contributed by atoms with van der Waals surface area (Å²) >= 11 is 5.22. The Morgan fingerprint density at radius 1 is 1.37 bits per heavy atom. The number of thiophene rings is 1. The van der Waals surface area contributed by atoms with Gasteiger partial charge in [0.15, 0.2) is 0 Å². The van der Waals surface area contributed by atoms with Crippen LogP contribution < -0.4 is 16.0 Å². The normalized spacial score (nSPS) is 12.4. The van der Waals surface area contributed by atoms with Crippen molar-refractivity contribution in [3.63, 3.8) is 0 Å². The quantitative estimate of drug-likeness (QED) is 0.620. The van der Waals surface area contributed by atoms with Crippen molar-refractivity contribution in [3.8, 4) is 5.75 Å². The Labute approximate surface area is 125 Å². The fraction of sp³-hybridized carbons (Fsp3) is 0.286. The maximum absolute atomic E-state index is 5.80. The standard InChI is InChI=1S/C14H17BrN2OS/c1-2-8-18-12-6-4-3-5-10(12)13(17-16)14-11(15)7-9-19-14/h3-7,9,13,17H,2,8,16H2,1H3. The fourth-order valence-electron chi connectivity index (χ4n) is 1.88. The molecule has 1 atom stereocenters. The molecule has 0 bridgehead atoms. The lowest BCUT2D eigenvalue weighted by atomic mass is 10.0. The van der Waals surface area contributed by atoms with Gasteiger partial charge in [-0.05, 0) is 39.9 Å². The van der Waals surface area contributed by atoms with E-state index in [1.165, 1.54) is 0 Å². The Hall–Kier alpha value is -0.880. The molecule has 0 spiro atoms. The van der Waals surface area contributed by atoms with Gasteiger partial charge in [0, 0.05) is 14.9 Å². The number of halogens is 1. The van der Waals surface area contributed by atoms with Gasteiger partial charge in [0.05, 0.1) is 12.6 Å². The highest BCUT2D eigenvalue weighted by Crippen LogP contribution is 2.36. The van der Waals surface area contributed by atoms with Crippen LogP contribution in [0.15, 0.2) is 40.2 Å². The highest BCUT2D eigenvalue weighted by molar-refractivity contribution is 9.10. The van der Waals surface area contributed by atoms with Crippen molar-refractivity contribution in [1.82, 2.24) is 5.43 Å². The van der Waals surface area contributed by atoms with E-state index < -0.39 is 0 Å². The largest absolute Gasteiger partial charge is 0.493 e. The van der Waals surface area contributed by atoms with Crippen LogP contribution in [0.2, 0.25) is 0 Å². The van der Waals surface area contributed by atoms with Crippen LogP contribution in [0.5, 0.6) is 5.75 Å². The predicted octanol–water partition coefficient (Wildman–Crippen LogP) is 3.85. The molecule has 2 aromatic rings. The SMILES string of the molecule is CCCOc1ccccc1C(NN)c1sccc1Br. The minimum absolute atomic E-state index is 0.0672. The highest BCUT2D eigenvalue weighted by Gasteiger charge is 2.20. The second-order valence-electron chi connectivity index (χ2n) is 4.12. The van der Waals surface area contributed by atoms with E-state index in [0.717, 1.165) is 27.1 Å². The fourth-order valence-corrected chi connectivity index (χ4v) is 3.56. The van der Waals surface area contributed by atoms with Crippen LogP contribution in [-0.2, 0) is 0 Å². The molecule has 0 amide bonds. The van der Waals surface area contributed by atoms with Gasteiger partial charge >= 0.3 is 0 Å². The Morgan fingerprint density at radius 3 is 2.79 bits per heavy atom. The van der Waals surface area contributed by atoms with E-state index in [9.17, 15) is 0 Å². The van der Waals surface area contributed by atoms with Crippen molar-refractivity contribution < 1.29 is 4.74 Å². The summed E-state index contributed by atoms with van der Waals surface area (Å²) in [5, 5.41) is 2.04. The van der Waals surface area contributed by atoms with Gasteiger partial charge in [-0.15, -0.1) is 11.3 Å². The molecule has 0 saturated heterocycles. The zero-order valence-corrected chi connectivity index (χ0v) is 13.1. The molecule has 0 saturated carbocycles. The lowest BCUT2D eigenvalue weighted by molar-refractivity contribution is 0.312. The van der Waals surface area contributed by atoms with Crippen molar-refractivity contribution >= 4 is 27.3 Å². The van der Waals surface area contributed by atoms with Gasteiger partial charge in [0.25, 0.3) is 0 Å². The molecule has 5 heteroatoms. The molecule has 0 fully saturated rings. The summed E-state index contributed by atoms with van der Waals surface area (Å²) in [7, 11) is 0. The Bertz CT molecular complexity index is 530. The molecule has 102 valence electrons. The zero-order valence-electron chi connectivity index (χ0n) is 10.7. The number of hydrazine groups is 1. The number of hydrogen-bond donors (Lipinski definition) is 2. The number of nitrogens with one attached hydrogen (secondary N) is 1. The van der Waals surface area contributed by atoms with Crippen molar-refractivity contribution in [3.05, 3.63) is 50.6 Å². The van der Waals surface area contributed by atoms with Crippen LogP contribution in [0, 0.1) is 0 Å². The second kappa shape index (κ2) is 7.05. The third-order valence-electron chi connectivity index (χ3n) is 2.77. The molecular formula is C14H17BrN2OS. The summed E-state index contributed by atoms with van der Waals surface area (Å²) in [6, 6.07) is 9.96. The van der Waals surface area contributed by atoms with E-state index in [2.05, 4.69) is 28.3 Å². The number of hydrogen-bond acceptors (Lipinski definition) is 4. The smallest absolute Gasteiger partial charge is 0.124 e. The molecule has 1 aromatic carbocycles. The van der Waals surface area contributed by atoms with Crippen LogP contribution in [0.25, 0.3) is 0 Å². The number of ether oxygens (including phenoxy) is 1. The minimum Gasteiger partial charge on any atom is -0.493 e. The summed E-state index contributed by atoms with van der Waals surface area (Å²) in [6.07, 6.45) is 0.984. The number of rotatable bonds is 6. The Kier molecular flexibility index (Phi) is 5.39. The van der Waals surface area contributed by atoms with Crippen LogP contribution in [0.4, 0.5) is 0 Å². The van der Waals surface area contributed by atoms with E-state index in [1.54, 1.807) is 11.3 Å². The summed E-state index contributed by atoms with van der Waals surface area (Å²) in [4.78, 5) is 1.15. The van der Waals surface area contributed by atoms with Crippen LogP contribution in [-0.4, -0.2) is 6.61 Å². The molecule has 2 rings (SSSR count). The van der Waals surface area contributed by atoms with E-state index in [4.69, 9.17) is 10.6 Å². The van der Waals surface area contributed by atoms with Gasteiger partial charge in [0.2, 0.25) is 0 Å². The first-order valence-electron chi connectivity index (χ1n) is 6.18. The highest BCUT2D eigenvalue weighted by atomic mass is 79.9. The average Bonchev–Trinajstić information content (AvgIpc) is 2.85. The molecule has 1 heterocycles. The molecule has 3 nitrogen and oxygen atoms in total. The van der Waals surface area contributed by atoms with E-state index in [0.29, 0.717) is 6.61 Å². The molecular weight excluding hydrogens is 324 g/mol. The van der Waals surface area contributed by atoms with Crippen LogP contribution >= 0.6 is 27.3 Å². The molecule has 1 unspecified atom stereocenters. The lowest BCUT2D eigenvalue weighted by Crippen LogP contribution is -2.28. The van der Waals surface area contributed by atoms with Crippen LogP contribution in [0.1, 0.15) is 29.8 Å². The summed E-state index contributed by atoms with van der Waals surface area (Å²) < 4.78 is 6.86. The summed E-state index contributed by atoms with van der Waals surface area (Å²) in [5.41, 5.74) is 3.94. The van der Waals surface area contributed by atoms with Gasteiger partial charge < -0.3 is 4.74 Å². The molecule has 0 aliphatic carbocycles. The molecule has 0 radical (unpaired) electrons. The van der Waals surface area contributed by atoms with Crippen molar-refractivity contribution in [2.75, 3.05) is 6.61 Å². The molecule has 19 heavy (non-hydrogen) atoms. The molecule has 3 N–H and O–H groups in total. The van der Waals surface area contributed by atoms with Gasteiger partial charge in [-0.2, -0.15) is 0 Å².